The van der Waals surface area contributed by atoms with Crippen molar-refractivity contribution in [1.82, 2.24) is 4.31 Å². The van der Waals surface area contributed by atoms with Gasteiger partial charge in [-0.2, -0.15) is 4.31 Å². The largest absolute Gasteiger partial charge is 0.395 e. The van der Waals surface area contributed by atoms with Crippen LogP contribution in [0.2, 0.25) is 0 Å². The number of benzene rings is 4. The maximum Gasteiger partial charge on any atom is 0.264 e. The number of aliphatic hydroxyl groups is 1. The molecule has 0 saturated carbocycles. The Bertz CT molecular complexity index is 1730. The minimum Gasteiger partial charge on any atom is -0.395 e. The number of para-hydroxylation sites is 2. The number of aryl methyl sites for hydroxylation is 2. The molecule has 0 saturated heterocycles. The zero-order chi connectivity index (χ0) is 29.9. The SMILES string of the molecule is Cc1ccc(S(=O)(=O)N2C[C@@H](CN([C@H](CO)Cc3ccccc3)S(=O)(=O)c3ccc(C)cc3)Nc3ccccc32)cc1. The second kappa shape index (κ2) is 12.3. The molecule has 0 amide bonds. The number of nitrogens with zero attached hydrogens (tertiary/aromatic N) is 2. The quantitative estimate of drug-likeness (QED) is 0.274. The fourth-order valence-corrected chi connectivity index (χ4v) is 8.39. The molecule has 0 fully saturated rings. The lowest BCUT2D eigenvalue weighted by Gasteiger charge is -2.39. The molecule has 220 valence electrons. The van der Waals surface area contributed by atoms with Crippen LogP contribution in [0.4, 0.5) is 11.4 Å². The highest BCUT2D eigenvalue weighted by Crippen LogP contribution is 2.35. The number of hydrogen-bond donors (Lipinski definition) is 2. The van der Waals surface area contributed by atoms with Crippen LogP contribution in [-0.2, 0) is 26.5 Å². The van der Waals surface area contributed by atoms with Gasteiger partial charge in [-0.15, -0.1) is 0 Å². The minimum atomic E-state index is -4.07. The molecular weight excluding hydrogens is 571 g/mol. The molecule has 1 heterocycles. The molecule has 0 radical (unpaired) electrons. The summed E-state index contributed by atoms with van der Waals surface area (Å²) < 4.78 is 58.7. The van der Waals surface area contributed by atoms with Gasteiger partial charge in [0.05, 0.1) is 46.4 Å². The van der Waals surface area contributed by atoms with E-state index in [9.17, 15) is 21.9 Å². The van der Waals surface area contributed by atoms with Gasteiger partial charge >= 0.3 is 0 Å². The molecule has 10 heteroatoms. The number of aliphatic hydroxyl groups excluding tert-OH is 1. The molecule has 5 rings (SSSR count). The third-order valence-corrected chi connectivity index (χ3v) is 11.2. The number of rotatable bonds is 10. The fourth-order valence-electron chi connectivity index (χ4n) is 5.20. The minimum absolute atomic E-state index is 0.00335. The number of sulfonamides is 2. The van der Waals surface area contributed by atoms with Crippen molar-refractivity contribution in [1.29, 1.82) is 0 Å². The second-order valence-electron chi connectivity index (χ2n) is 10.6. The van der Waals surface area contributed by atoms with Crippen molar-refractivity contribution in [2.45, 2.75) is 42.1 Å². The standard InChI is InChI=1S/C32H35N3O5S2/c1-24-12-16-29(17-13-24)41(37,38)34(28(23-36)20-26-8-4-3-5-9-26)21-27-22-35(32-11-7-6-10-31(32)33-27)42(39,40)30-18-14-25(2)15-19-30/h3-19,27-28,33,36H,20-23H2,1-2H3/t27-,28+/m1/s1. The van der Waals surface area contributed by atoms with E-state index in [-0.39, 0.29) is 29.3 Å². The molecule has 0 aliphatic carbocycles. The molecule has 8 nitrogen and oxygen atoms in total. The number of fused-ring (bicyclic) bond motifs is 1. The Morgan fingerprint density at radius 2 is 1.38 bits per heavy atom. The molecule has 0 spiro atoms. The Kier molecular flexibility index (Phi) is 8.70. The summed E-state index contributed by atoms with van der Waals surface area (Å²) in [5.74, 6) is 0. The normalized spacial score (nSPS) is 16.1. The van der Waals surface area contributed by atoms with E-state index in [1.165, 1.54) is 8.61 Å². The summed E-state index contributed by atoms with van der Waals surface area (Å²) in [4.78, 5) is 0.268. The van der Waals surface area contributed by atoms with Crippen LogP contribution in [0.15, 0.2) is 113 Å². The molecule has 1 aliphatic rings. The smallest absolute Gasteiger partial charge is 0.264 e. The first-order valence-corrected chi connectivity index (χ1v) is 16.7. The molecule has 4 aromatic rings. The summed E-state index contributed by atoms with van der Waals surface area (Å²) in [6.45, 7) is 3.29. The van der Waals surface area contributed by atoms with E-state index in [1.807, 2.05) is 44.2 Å². The first-order valence-electron chi connectivity index (χ1n) is 13.8. The maximum atomic E-state index is 14.1. The molecule has 2 N–H and O–H groups in total. The molecule has 0 aromatic heterocycles. The summed E-state index contributed by atoms with van der Waals surface area (Å²) in [7, 11) is -8.02. The summed E-state index contributed by atoms with van der Waals surface area (Å²) in [5.41, 5.74) is 3.82. The van der Waals surface area contributed by atoms with Crippen LogP contribution in [0.5, 0.6) is 0 Å². The third-order valence-electron chi connectivity index (χ3n) is 7.49. The van der Waals surface area contributed by atoms with Crippen LogP contribution in [0.1, 0.15) is 16.7 Å². The van der Waals surface area contributed by atoms with Crippen molar-refractivity contribution in [2.75, 3.05) is 29.3 Å². The average Bonchev–Trinajstić information content (AvgIpc) is 2.99. The highest BCUT2D eigenvalue weighted by molar-refractivity contribution is 7.92. The van der Waals surface area contributed by atoms with Crippen LogP contribution in [0.3, 0.4) is 0 Å². The average molecular weight is 606 g/mol. The molecule has 0 unspecified atom stereocenters. The molecule has 4 aromatic carbocycles. The topological polar surface area (TPSA) is 107 Å². The van der Waals surface area contributed by atoms with E-state index in [4.69, 9.17) is 0 Å². The molecule has 2 atom stereocenters. The molecule has 42 heavy (non-hydrogen) atoms. The van der Waals surface area contributed by atoms with Gasteiger partial charge < -0.3 is 10.4 Å². The van der Waals surface area contributed by atoms with Gasteiger partial charge in [-0.25, -0.2) is 16.8 Å². The number of nitrogens with one attached hydrogen (secondary N) is 1. The van der Waals surface area contributed by atoms with E-state index < -0.39 is 38.7 Å². The molecule has 0 bridgehead atoms. The molecular formula is C32H35N3O5S2. The summed E-state index contributed by atoms with van der Waals surface area (Å²) in [5, 5.41) is 13.9. The lowest BCUT2D eigenvalue weighted by atomic mass is 10.1. The second-order valence-corrected chi connectivity index (χ2v) is 14.4. The van der Waals surface area contributed by atoms with Gasteiger partial charge in [0.15, 0.2) is 0 Å². The van der Waals surface area contributed by atoms with Gasteiger partial charge in [-0.1, -0.05) is 77.9 Å². The van der Waals surface area contributed by atoms with E-state index in [0.717, 1.165) is 16.7 Å². The van der Waals surface area contributed by atoms with E-state index >= 15 is 0 Å². The van der Waals surface area contributed by atoms with Gasteiger partial charge in [0.2, 0.25) is 10.0 Å². The van der Waals surface area contributed by atoms with Gasteiger partial charge in [-0.3, -0.25) is 4.31 Å². The zero-order valence-electron chi connectivity index (χ0n) is 23.6. The van der Waals surface area contributed by atoms with Crippen LogP contribution in [0.25, 0.3) is 0 Å². The van der Waals surface area contributed by atoms with Gasteiger partial charge in [0.1, 0.15) is 0 Å². The summed E-state index contributed by atoms with van der Waals surface area (Å²) in [6.07, 6.45) is 0.289. The maximum absolute atomic E-state index is 14.1. The van der Waals surface area contributed by atoms with Gasteiger partial charge in [0.25, 0.3) is 10.0 Å². The van der Waals surface area contributed by atoms with Crippen LogP contribution >= 0.6 is 0 Å². The van der Waals surface area contributed by atoms with Crippen LogP contribution in [-0.4, -0.2) is 58.0 Å². The molecule has 1 aliphatic heterocycles. The predicted octanol–water partition coefficient (Wildman–Crippen LogP) is 4.59. The van der Waals surface area contributed by atoms with E-state index in [2.05, 4.69) is 5.32 Å². The van der Waals surface area contributed by atoms with Gasteiger partial charge in [-0.05, 0) is 62.2 Å². The Morgan fingerprint density at radius 3 is 2.00 bits per heavy atom. The Morgan fingerprint density at radius 1 is 0.810 bits per heavy atom. The van der Waals surface area contributed by atoms with Crippen molar-refractivity contribution in [3.05, 3.63) is 120 Å². The Balaban J connectivity index is 1.53. The van der Waals surface area contributed by atoms with Gasteiger partial charge in [0, 0.05) is 6.54 Å². The number of hydrogen-bond acceptors (Lipinski definition) is 6. The van der Waals surface area contributed by atoms with Crippen LogP contribution < -0.4 is 9.62 Å². The first kappa shape index (κ1) is 29.8. The Labute approximate surface area is 248 Å². The van der Waals surface area contributed by atoms with E-state index in [0.29, 0.717) is 11.4 Å². The van der Waals surface area contributed by atoms with Crippen molar-refractivity contribution in [3.63, 3.8) is 0 Å². The van der Waals surface area contributed by atoms with Crippen molar-refractivity contribution >= 4 is 31.4 Å². The first-order chi connectivity index (χ1) is 20.1. The van der Waals surface area contributed by atoms with E-state index in [1.54, 1.807) is 72.8 Å². The van der Waals surface area contributed by atoms with Crippen molar-refractivity contribution < 1.29 is 21.9 Å². The van der Waals surface area contributed by atoms with Crippen molar-refractivity contribution in [2.24, 2.45) is 0 Å². The summed E-state index contributed by atoms with van der Waals surface area (Å²) >= 11 is 0. The van der Waals surface area contributed by atoms with Crippen molar-refractivity contribution in [3.8, 4) is 0 Å². The lowest BCUT2D eigenvalue weighted by Crippen LogP contribution is -2.54. The highest BCUT2D eigenvalue weighted by atomic mass is 32.2. The summed E-state index contributed by atoms with van der Waals surface area (Å²) in [6, 6.07) is 28.4. The Hall–Kier alpha value is -3.70. The zero-order valence-corrected chi connectivity index (χ0v) is 25.2. The lowest BCUT2D eigenvalue weighted by molar-refractivity contribution is 0.182. The fraction of sp³-hybridized carbons (Fsp3) is 0.250. The predicted molar refractivity (Wildman–Crippen MR) is 166 cm³/mol. The third kappa shape index (κ3) is 6.22. The number of anilines is 2. The highest BCUT2D eigenvalue weighted by Gasteiger charge is 2.38. The monoisotopic (exact) mass is 605 g/mol. The van der Waals surface area contributed by atoms with Crippen LogP contribution in [0, 0.1) is 13.8 Å².